The lowest BCUT2D eigenvalue weighted by Crippen LogP contribution is -2.38. The van der Waals surface area contributed by atoms with Crippen LogP contribution in [0.15, 0.2) is 12.3 Å². The Balaban J connectivity index is 4.87. The Kier molecular flexibility index (Phi) is 3.12. The molecule has 8 heteroatoms. The van der Waals surface area contributed by atoms with Crippen LogP contribution in [0.1, 0.15) is 6.92 Å². The molecule has 0 aromatic carbocycles. The van der Waals surface area contributed by atoms with Crippen LogP contribution < -0.4 is 0 Å². The third kappa shape index (κ3) is 2.74. The fourth-order valence-electron chi connectivity index (χ4n) is 0.323. The Morgan fingerprint density at radius 1 is 1.54 bits per heavy atom. The van der Waals surface area contributed by atoms with Crippen LogP contribution in [-0.4, -0.2) is 24.2 Å². The van der Waals surface area contributed by atoms with Gasteiger partial charge in [-0.25, -0.2) is 4.79 Å². The number of esters is 1. The van der Waals surface area contributed by atoms with Crippen molar-refractivity contribution in [1.29, 1.82) is 0 Å². The summed E-state index contributed by atoms with van der Waals surface area (Å²) in [5.74, 6) is -2.80. The van der Waals surface area contributed by atoms with Gasteiger partial charge in [-0.05, 0) is 6.92 Å². The van der Waals surface area contributed by atoms with E-state index in [4.69, 9.17) is 4.55 Å². The van der Waals surface area contributed by atoms with Crippen LogP contribution in [0.2, 0.25) is 0 Å². The summed E-state index contributed by atoms with van der Waals surface area (Å²) < 4.78 is 56.2. The van der Waals surface area contributed by atoms with Gasteiger partial charge in [0.15, 0.2) is 0 Å². The van der Waals surface area contributed by atoms with E-state index in [0.29, 0.717) is 0 Å². The Morgan fingerprint density at radius 3 is 2.15 bits per heavy atom. The lowest BCUT2D eigenvalue weighted by Gasteiger charge is -2.10. The molecule has 0 amide bonds. The fraction of sp³-hybridized carbons (Fsp3) is 0.400. The van der Waals surface area contributed by atoms with Crippen molar-refractivity contribution in [3.05, 3.63) is 12.3 Å². The number of halogens is 2. The van der Waals surface area contributed by atoms with Crippen molar-refractivity contribution >= 4 is 16.1 Å². The van der Waals surface area contributed by atoms with Crippen LogP contribution in [-0.2, 0) is 19.6 Å². The minimum absolute atomic E-state index is 0.409. The van der Waals surface area contributed by atoms with Crippen molar-refractivity contribution in [2.45, 2.75) is 12.2 Å². The first-order valence-electron chi connectivity index (χ1n) is 2.81. The number of hydrogen-bond acceptors (Lipinski definition) is 4. The van der Waals surface area contributed by atoms with Gasteiger partial charge in [-0.1, -0.05) is 6.58 Å². The molecule has 0 aromatic rings. The summed E-state index contributed by atoms with van der Waals surface area (Å²) in [4.78, 5) is 10.3. The number of alkyl halides is 2. The molecule has 1 N–H and O–H groups in total. The van der Waals surface area contributed by atoms with Gasteiger partial charge in [-0.2, -0.15) is 17.2 Å². The second-order valence-corrected chi connectivity index (χ2v) is 3.55. The van der Waals surface area contributed by atoms with Crippen molar-refractivity contribution in [3.8, 4) is 0 Å². The highest BCUT2D eigenvalue weighted by molar-refractivity contribution is 7.87. The first-order chi connectivity index (χ1) is 5.59. The summed E-state index contributed by atoms with van der Waals surface area (Å²) in [6, 6.07) is 0. The van der Waals surface area contributed by atoms with Gasteiger partial charge in [-0.15, -0.1) is 0 Å². The van der Waals surface area contributed by atoms with Crippen molar-refractivity contribution in [2.24, 2.45) is 0 Å². The van der Waals surface area contributed by atoms with Crippen LogP contribution in [0.25, 0.3) is 0 Å². The average Bonchev–Trinajstić information content (AvgIpc) is 1.82. The first kappa shape index (κ1) is 12.0. The largest absolute Gasteiger partial charge is 0.466 e. The van der Waals surface area contributed by atoms with E-state index in [2.05, 4.69) is 11.3 Å². The van der Waals surface area contributed by atoms with Gasteiger partial charge in [0.25, 0.3) is 0 Å². The predicted molar refractivity (Wildman–Crippen MR) is 37.4 cm³/mol. The molecule has 0 heterocycles. The van der Waals surface area contributed by atoms with Gasteiger partial charge in [0.05, 0.1) is 5.76 Å². The Bertz CT molecular complexity index is 331. The molecule has 0 aliphatic heterocycles. The highest BCUT2D eigenvalue weighted by atomic mass is 32.2. The quantitative estimate of drug-likeness (QED) is 0.423. The summed E-state index contributed by atoms with van der Waals surface area (Å²) >= 11 is 0. The summed E-state index contributed by atoms with van der Waals surface area (Å²) in [5.41, 5.74) is 0. The van der Waals surface area contributed by atoms with Gasteiger partial charge in [0.2, 0.25) is 0 Å². The van der Waals surface area contributed by atoms with Crippen LogP contribution in [0.4, 0.5) is 8.78 Å². The van der Waals surface area contributed by atoms with E-state index in [1.807, 2.05) is 0 Å². The average molecular weight is 216 g/mol. The van der Waals surface area contributed by atoms with Gasteiger partial charge in [0, 0.05) is 0 Å². The van der Waals surface area contributed by atoms with Crippen molar-refractivity contribution < 1.29 is 31.3 Å². The Morgan fingerprint density at radius 2 is 1.92 bits per heavy atom. The zero-order valence-electron chi connectivity index (χ0n) is 6.45. The van der Waals surface area contributed by atoms with E-state index in [-0.39, 0.29) is 0 Å². The maximum Gasteiger partial charge on any atom is 0.466 e. The zero-order valence-corrected chi connectivity index (χ0v) is 7.27. The maximum atomic E-state index is 12.3. The second-order valence-electron chi connectivity index (χ2n) is 2.08. The van der Waals surface area contributed by atoms with E-state index in [1.165, 1.54) is 0 Å². The molecule has 0 saturated carbocycles. The molecule has 76 valence electrons. The maximum absolute atomic E-state index is 12.3. The Hall–Kier alpha value is -1.02. The van der Waals surface area contributed by atoms with Gasteiger partial charge in [0.1, 0.15) is 0 Å². The lowest BCUT2D eigenvalue weighted by atomic mass is 10.6. The van der Waals surface area contributed by atoms with Crippen LogP contribution in [0.3, 0.4) is 0 Å². The topological polar surface area (TPSA) is 80.7 Å². The van der Waals surface area contributed by atoms with Crippen LogP contribution in [0.5, 0.6) is 0 Å². The highest BCUT2D eigenvalue weighted by Crippen LogP contribution is 2.22. The van der Waals surface area contributed by atoms with Crippen molar-refractivity contribution in [3.63, 3.8) is 0 Å². The number of ether oxygens (including phenoxy) is 1. The number of carbonyl (C=O) groups excluding carboxylic acids is 1. The van der Waals surface area contributed by atoms with Crippen LogP contribution in [0, 0.1) is 0 Å². The molecule has 0 saturated heterocycles. The third-order valence-electron chi connectivity index (χ3n) is 0.829. The summed E-state index contributed by atoms with van der Waals surface area (Å²) in [6.07, 6.45) is 0. The predicted octanol–water partition coefficient (Wildman–Crippen LogP) is 0.544. The van der Waals surface area contributed by atoms with Crippen molar-refractivity contribution in [1.82, 2.24) is 0 Å². The van der Waals surface area contributed by atoms with Gasteiger partial charge in [-0.3, -0.25) is 4.55 Å². The van der Waals surface area contributed by atoms with E-state index >= 15 is 0 Å². The molecule has 0 radical (unpaired) electrons. The Labute approximate surface area is 72.7 Å². The normalized spacial score (nSPS) is 12.3. The second kappa shape index (κ2) is 3.38. The third-order valence-corrected chi connectivity index (χ3v) is 1.64. The smallest absolute Gasteiger partial charge is 0.427 e. The van der Waals surface area contributed by atoms with Gasteiger partial charge < -0.3 is 4.74 Å². The molecule has 0 bridgehead atoms. The number of carbonyl (C=O) groups is 1. The lowest BCUT2D eigenvalue weighted by molar-refractivity contribution is -0.156. The molecule has 0 unspecified atom stereocenters. The number of hydrogen-bond donors (Lipinski definition) is 1. The standard InChI is InChI=1S/C5H6F2O5S/c1-3(2)12-4(8)5(6,7)13(9,10)11/h1H2,2H3,(H,9,10,11). The molecule has 0 aliphatic rings. The molecular formula is C5H6F2O5S. The monoisotopic (exact) mass is 216 g/mol. The SMILES string of the molecule is C=C(C)OC(=O)C(F)(F)S(=O)(=O)O. The molecule has 0 atom stereocenters. The molecule has 0 spiro atoms. The summed E-state index contributed by atoms with van der Waals surface area (Å²) in [7, 11) is -5.80. The van der Waals surface area contributed by atoms with Gasteiger partial charge >= 0.3 is 21.3 Å². The number of rotatable bonds is 3. The molecule has 0 fully saturated rings. The van der Waals surface area contributed by atoms with E-state index < -0.39 is 27.1 Å². The summed E-state index contributed by atoms with van der Waals surface area (Å²) in [6.45, 7) is 4.01. The minimum atomic E-state index is -5.80. The number of allylic oxidation sites excluding steroid dienone is 1. The van der Waals surface area contributed by atoms with Crippen LogP contribution >= 0.6 is 0 Å². The minimum Gasteiger partial charge on any atom is -0.427 e. The molecule has 0 aliphatic carbocycles. The van der Waals surface area contributed by atoms with Crippen molar-refractivity contribution in [2.75, 3.05) is 0 Å². The highest BCUT2D eigenvalue weighted by Gasteiger charge is 2.54. The van der Waals surface area contributed by atoms with E-state index in [0.717, 1.165) is 6.92 Å². The van der Waals surface area contributed by atoms with E-state index in [9.17, 15) is 22.0 Å². The molecule has 0 aromatic heterocycles. The summed E-state index contributed by atoms with van der Waals surface area (Å²) in [5, 5.41) is -4.97. The fourth-order valence-corrected chi connectivity index (χ4v) is 0.575. The zero-order chi connectivity index (χ0) is 10.9. The molecule has 0 rings (SSSR count). The molecule has 13 heavy (non-hydrogen) atoms. The van der Waals surface area contributed by atoms with E-state index in [1.54, 1.807) is 0 Å². The first-order valence-corrected chi connectivity index (χ1v) is 4.25. The molecule has 5 nitrogen and oxygen atoms in total. The molecular weight excluding hydrogens is 210 g/mol.